The lowest BCUT2D eigenvalue weighted by Crippen LogP contribution is -2.13. The Labute approximate surface area is 128 Å². The average Bonchev–Trinajstić information content (AvgIpc) is 2.86. The van der Waals surface area contributed by atoms with Crippen LogP contribution >= 0.6 is 0 Å². The number of methoxy groups -OCH3 is 1. The fourth-order valence-electron chi connectivity index (χ4n) is 2.36. The third-order valence-corrected chi connectivity index (χ3v) is 3.45. The summed E-state index contributed by atoms with van der Waals surface area (Å²) in [5, 5.41) is 2.89. The smallest absolute Gasteiger partial charge is 0.255 e. The molecule has 0 saturated carbocycles. The van der Waals surface area contributed by atoms with E-state index in [1.807, 2.05) is 48.8 Å². The van der Waals surface area contributed by atoms with E-state index >= 15 is 0 Å². The van der Waals surface area contributed by atoms with Crippen LogP contribution in [0.25, 0.3) is 5.65 Å². The molecule has 1 N–H and O–H groups in total. The van der Waals surface area contributed by atoms with Gasteiger partial charge in [-0.3, -0.25) is 4.79 Å². The van der Waals surface area contributed by atoms with Crippen LogP contribution in [0.5, 0.6) is 5.75 Å². The SMILES string of the molecule is COc1ccc(C)cc1NC(=O)c1ccn2cc(C)nc2c1. The first-order valence-electron chi connectivity index (χ1n) is 6.98. The molecule has 0 radical (unpaired) electrons. The molecule has 1 amide bonds. The number of imidazole rings is 1. The molecule has 0 fully saturated rings. The normalized spacial score (nSPS) is 10.7. The molecule has 0 unspecified atom stereocenters. The van der Waals surface area contributed by atoms with E-state index in [0.29, 0.717) is 17.0 Å². The first-order chi connectivity index (χ1) is 10.6. The van der Waals surface area contributed by atoms with E-state index in [-0.39, 0.29) is 5.91 Å². The molecule has 3 aromatic rings. The van der Waals surface area contributed by atoms with Gasteiger partial charge in [-0.25, -0.2) is 4.98 Å². The molecule has 2 aromatic heterocycles. The predicted molar refractivity (Wildman–Crippen MR) is 85.6 cm³/mol. The van der Waals surface area contributed by atoms with E-state index in [0.717, 1.165) is 16.9 Å². The van der Waals surface area contributed by atoms with E-state index < -0.39 is 0 Å². The average molecular weight is 295 g/mol. The molecule has 0 saturated heterocycles. The Morgan fingerprint density at radius 2 is 2.05 bits per heavy atom. The Hall–Kier alpha value is -2.82. The number of hydrogen-bond acceptors (Lipinski definition) is 3. The van der Waals surface area contributed by atoms with Crippen molar-refractivity contribution < 1.29 is 9.53 Å². The van der Waals surface area contributed by atoms with Crippen LogP contribution in [0.1, 0.15) is 21.6 Å². The second-order valence-electron chi connectivity index (χ2n) is 5.22. The number of pyridine rings is 1. The quantitative estimate of drug-likeness (QED) is 0.807. The number of anilines is 1. The van der Waals surface area contributed by atoms with Gasteiger partial charge in [0.1, 0.15) is 11.4 Å². The third kappa shape index (κ3) is 2.65. The third-order valence-electron chi connectivity index (χ3n) is 3.45. The molecule has 0 aliphatic carbocycles. The highest BCUT2D eigenvalue weighted by atomic mass is 16.5. The van der Waals surface area contributed by atoms with E-state index in [1.165, 1.54) is 0 Å². The zero-order valence-corrected chi connectivity index (χ0v) is 12.8. The zero-order chi connectivity index (χ0) is 15.7. The first-order valence-corrected chi connectivity index (χ1v) is 6.98. The van der Waals surface area contributed by atoms with Crippen LogP contribution in [-0.4, -0.2) is 22.4 Å². The second-order valence-corrected chi connectivity index (χ2v) is 5.22. The number of nitrogens with zero attached hydrogens (tertiary/aromatic N) is 2. The molecule has 1 aromatic carbocycles. The molecule has 22 heavy (non-hydrogen) atoms. The van der Waals surface area contributed by atoms with Crippen molar-refractivity contribution in [2.75, 3.05) is 12.4 Å². The monoisotopic (exact) mass is 295 g/mol. The zero-order valence-electron chi connectivity index (χ0n) is 12.8. The number of aromatic nitrogens is 2. The van der Waals surface area contributed by atoms with E-state index in [4.69, 9.17) is 4.74 Å². The van der Waals surface area contributed by atoms with Gasteiger partial charge in [-0.2, -0.15) is 0 Å². The highest BCUT2D eigenvalue weighted by molar-refractivity contribution is 6.05. The van der Waals surface area contributed by atoms with Gasteiger partial charge in [-0.1, -0.05) is 6.07 Å². The maximum Gasteiger partial charge on any atom is 0.255 e. The summed E-state index contributed by atoms with van der Waals surface area (Å²) in [6, 6.07) is 9.20. The summed E-state index contributed by atoms with van der Waals surface area (Å²) in [5.74, 6) is 0.448. The van der Waals surface area contributed by atoms with Gasteiger partial charge in [-0.05, 0) is 43.7 Å². The van der Waals surface area contributed by atoms with Gasteiger partial charge in [0.15, 0.2) is 0 Å². The number of nitrogens with one attached hydrogen (secondary N) is 1. The topological polar surface area (TPSA) is 55.6 Å². The lowest BCUT2D eigenvalue weighted by atomic mass is 10.2. The lowest BCUT2D eigenvalue weighted by molar-refractivity contribution is 0.102. The summed E-state index contributed by atoms with van der Waals surface area (Å²) in [6.07, 6.45) is 3.75. The summed E-state index contributed by atoms with van der Waals surface area (Å²) in [5.41, 5.74) is 3.93. The largest absolute Gasteiger partial charge is 0.495 e. The standard InChI is InChI=1S/C17H17N3O2/c1-11-4-5-15(22-3)14(8-11)19-17(21)13-6-7-20-10-12(2)18-16(20)9-13/h4-10H,1-3H3,(H,19,21). The summed E-state index contributed by atoms with van der Waals surface area (Å²) in [7, 11) is 1.58. The fraction of sp³-hybridized carbons (Fsp3) is 0.176. The highest BCUT2D eigenvalue weighted by Crippen LogP contribution is 2.25. The Balaban J connectivity index is 1.91. The molecule has 0 aliphatic heterocycles. The molecule has 0 bridgehead atoms. The van der Waals surface area contributed by atoms with E-state index in [2.05, 4.69) is 10.3 Å². The minimum Gasteiger partial charge on any atom is -0.495 e. The van der Waals surface area contributed by atoms with Gasteiger partial charge in [0.2, 0.25) is 0 Å². The minimum atomic E-state index is -0.188. The van der Waals surface area contributed by atoms with Crippen molar-refractivity contribution in [2.45, 2.75) is 13.8 Å². The van der Waals surface area contributed by atoms with Gasteiger partial charge in [0, 0.05) is 18.0 Å². The summed E-state index contributed by atoms with van der Waals surface area (Å²) >= 11 is 0. The van der Waals surface area contributed by atoms with Crippen LogP contribution in [-0.2, 0) is 0 Å². The van der Waals surface area contributed by atoms with Crippen molar-refractivity contribution in [3.8, 4) is 5.75 Å². The van der Waals surface area contributed by atoms with Gasteiger partial charge in [0.25, 0.3) is 5.91 Å². The van der Waals surface area contributed by atoms with Crippen molar-refractivity contribution >= 4 is 17.2 Å². The van der Waals surface area contributed by atoms with Crippen molar-refractivity contribution in [1.29, 1.82) is 0 Å². The van der Waals surface area contributed by atoms with Crippen LogP contribution in [0.4, 0.5) is 5.69 Å². The molecule has 0 atom stereocenters. The number of amides is 1. The minimum absolute atomic E-state index is 0.188. The van der Waals surface area contributed by atoms with Gasteiger partial charge >= 0.3 is 0 Å². The summed E-state index contributed by atoms with van der Waals surface area (Å²) in [6.45, 7) is 3.89. The number of benzene rings is 1. The highest BCUT2D eigenvalue weighted by Gasteiger charge is 2.11. The Morgan fingerprint density at radius 3 is 2.82 bits per heavy atom. The molecular formula is C17H17N3O2. The summed E-state index contributed by atoms with van der Waals surface area (Å²) in [4.78, 5) is 16.8. The van der Waals surface area contributed by atoms with E-state index in [9.17, 15) is 4.79 Å². The van der Waals surface area contributed by atoms with E-state index in [1.54, 1.807) is 19.2 Å². The molecule has 2 heterocycles. The number of aryl methyl sites for hydroxylation is 2. The number of rotatable bonds is 3. The number of carbonyl (C=O) groups excluding carboxylic acids is 1. The molecule has 0 spiro atoms. The van der Waals surface area contributed by atoms with Crippen molar-refractivity contribution in [3.05, 3.63) is 59.5 Å². The molecule has 3 rings (SSSR count). The predicted octanol–water partition coefficient (Wildman–Crippen LogP) is 3.21. The van der Waals surface area contributed by atoms with Crippen molar-refractivity contribution in [3.63, 3.8) is 0 Å². The molecular weight excluding hydrogens is 278 g/mol. The molecule has 112 valence electrons. The number of carbonyl (C=O) groups is 1. The maximum atomic E-state index is 12.4. The van der Waals surface area contributed by atoms with Crippen LogP contribution in [0.15, 0.2) is 42.7 Å². The number of fused-ring (bicyclic) bond motifs is 1. The maximum absolute atomic E-state index is 12.4. The van der Waals surface area contributed by atoms with Crippen molar-refractivity contribution in [2.24, 2.45) is 0 Å². The van der Waals surface area contributed by atoms with Gasteiger partial charge in [-0.15, -0.1) is 0 Å². The van der Waals surface area contributed by atoms with Crippen LogP contribution in [0, 0.1) is 13.8 Å². The Kier molecular flexibility index (Phi) is 3.55. The van der Waals surface area contributed by atoms with Crippen LogP contribution in [0.3, 0.4) is 0 Å². The van der Waals surface area contributed by atoms with Gasteiger partial charge < -0.3 is 14.5 Å². The molecule has 5 heteroatoms. The second kappa shape index (κ2) is 5.52. The number of ether oxygens (including phenoxy) is 1. The van der Waals surface area contributed by atoms with Crippen LogP contribution in [0.2, 0.25) is 0 Å². The first kappa shape index (κ1) is 14.1. The summed E-state index contributed by atoms with van der Waals surface area (Å²) < 4.78 is 7.17. The van der Waals surface area contributed by atoms with Crippen molar-refractivity contribution in [1.82, 2.24) is 9.38 Å². The lowest BCUT2D eigenvalue weighted by Gasteiger charge is -2.11. The number of hydrogen-bond donors (Lipinski definition) is 1. The fourth-order valence-corrected chi connectivity index (χ4v) is 2.36. The Bertz CT molecular complexity index is 852. The van der Waals surface area contributed by atoms with Gasteiger partial charge in [0.05, 0.1) is 18.5 Å². The molecule has 5 nitrogen and oxygen atoms in total. The van der Waals surface area contributed by atoms with Crippen LogP contribution < -0.4 is 10.1 Å². The Morgan fingerprint density at radius 1 is 1.23 bits per heavy atom. The molecule has 0 aliphatic rings.